The largest absolute Gasteiger partial charge is 1.00 e. The van der Waals surface area contributed by atoms with Gasteiger partial charge in [-0.1, -0.05) is 0 Å². The predicted molar refractivity (Wildman–Crippen MR) is 0 cm³/mol. The van der Waals surface area contributed by atoms with Crippen molar-refractivity contribution >= 4 is 0 Å². The van der Waals surface area contributed by atoms with E-state index in [0.29, 0.717) is 0 Å². The summed E-state index contributed by atoms with van der Waals surface area (Å²) in [5.74, 6) is 0. The van der Waals surface area contributed by atoms with E-state index < -0.39 is 0 Å². The van der Waals surface area contributed by atoms with E-state index >= 15 is 0 Å². The minimum absolute atomic E-state index is 0. The molecule has 0 aromatic heterocycles. The van der Waals surface area contributed by atoms with Crippen LogP contribution in [0.25, 0.3) is 0 Å². The van der Waals surface area contributed by atoms with Crippen molar-refractivity contribution in [2.45, 2.75) is 0 Å². The minimum atomic E-state index is 0. The summed E-state index contributed by atoms with van der Waals surface area (Å²) in [4.78, 5) is 0. The van der Waals surface area contributed by atoms with Crippen molar-refractivity contribution in [2.75, 3.05) is 0 Å². The molecule has 0 amide bonds. The maximum atomic E-state index is 0. The molecule has 32 valence electrons. The third-order valence-corrected chi connectivity index (χ3v) is 0. The van der Waals surface area contributed by atoms with Gasteiger partial charge in [0.25, 0.3) is 0 Å². The third kappa shape index (κ3) is 37.3. The van der Waals surface area contributed by atoms with E-state index in [1.54, 1.807) is 0 Å². The van der Waals surface area contributed by atoms with Crippen LogP contribution in [0.1, 0.15) is 0 Å². The van der Waals surface area contributed by atoms with Crippen LogP contribution in [0.5, 0.6) is 0 Å². The Morgan fingerprint density at radius 2 is 0.250 bits per heavy atom. The second-order valence-electron chi connectivity index (χ2n) is 0. The maximum Gasteiger partial charge on any atom is 1.00 e. The molecule has 0 aromatic rings. The minimum Gasteiger partial charge on any atom is -1.00 e. The summed E-state index contributed by atoms with van der Waals surface area (Å²) >= 11 is 0. The van der Waals surface area contributed by atoms with Crippen molar-refractivity contribution in [3.63, 3.8) is 0 Å². The van der Waals surface area contributed by atoms with E-state index in [4.69, 9.17) is 0 Å². The van der Waals surface area contributed by atoms with Crippen molar-refractivity contribution < 1.29 is 255 Å². The van der Waals surface area contributed by atoms with Crippen LogP contribution in [0.4, 0.5) is 0 Å². The molecule has 0 rings (SSSR count). The second kappa shape index (κ2) is 46.5. The third-order valence-electron chi connectivity index (χ3n) is 0. The van der Waals surface area contributed by atoms with Crippen LogP contribution in [-0.4, -0.2) is 0 Å². The first-order valence-electron chi connectivity index (χ1n) is 0. The molecule has 0 atom stereocenters. The van der Waals surface area contributed by atoms with Crippen LogP contribution < -0.4 is 255 Å². The Kier molecular flexibility index (Phi) is 333. The van der Waals surface area contributed by atoms with Crippen molar-refractivity contribution in [3.05, 3.63) is 0 Å². The van der Waals surface area contributed by atoms with Crippen molar-refractivity contribution in [1.82, 2.24) is 0 Å². The molecule has 0 aliphatic rings. The standard InChI is InChI=1S/4ClH.4K/h4*1H;;;;/q;;;;4*+1/p-4. The van der Waals surface area contributed by atoms with Crippen LogP contribution in [0.3, 0.4) is 0 Å². The molecule has 0 spiro atoms. The van der Waals surface area contributed by atoms with Gasteiger partial charge >= 0.3 is 206 Å². The van der Waals surface area contributed by atoms with E-state index in [9.17, 15) is 0 Å². The van der Waals surface area contributed by atoms with E-state index in [1.807, 2.05) is 0 Å². The fourth-order valence-electron chi connectivity index (χ4n) is 0. The Hall–Kier alpha value is 7.71. The summed E-state index contributed by atoms with van der Waals surface area (Å²) in [5.41, 5.74) is 0. The summed E-state index contributed by atoms with van der Waals surface area (Å²) in [5, 5.41) is 0. The first-order valence-corrected chi connectivity index (χ1v) is 0. The van der Waals surface area contributed by atoms with Gasteiger partial charge in [0, 0.05) is 0 Å². The molecule has 0 nitrogen and oxygen atoms in total. The Labute approximate surface area is 246 Å². The van der Waals surface area contributed by atoms with Crippen LogP contribution in [0.2, 0.25) is 0 Å². The zero-order chi connectivity index (χ0) is 0. The molecule has 0 unspecified atom stereocenters. The topological polar surface area (TPSA) is 0 Å². The number of halogens is 4. The van der Waals surface area contributed by atoms with Gasteiger partial charge in [-0.15, -0.1) is 0 Å². The van der Waals surface area contributed by atoms with Gasteiger partial charge in [-0.2, -0.15) is 0 Å². The summed E-state index contributed by atoms with van der Waals surface area (Å²) < 4.78 is 0. The summed E-state index contributed by atoms with van der Waals surface area (Å²) in [6.07, 6.45) is 0. The molecular formula is Cl4K4. The van der Waals surface area contributed by atoms with Gasteiger partial charge in [0.05, 0.1) is 0 Å². The Morgan fingerprint density at radius 1 is 0.250 bits per heavy atom. The van der Waals surface area contributed by atoms with Crippen molar-refractivity contribution in [2.24, 2.45) is 0 Å². The first-order chi connectivity index (χ1) is 0. The maximum absolute atomic E-state index is 0. The van der Waals surface area contributed by atoms with Crippen LogP contribution >= 0.6 is 0 Å². The fourth-order valence-corrected chi connectivity index (χ4v) is 0. The van der Waals surface area contributed by atoms with Gasteiger partial charge in [0.15, 0.2) is 0 Å². The van der Waals surface area contributed by atoms with Gasteiger partial charge < -0.3 is 49.6 Å². The average Bonchev–Trinajstić information content (AvgIpc) is 0. The molecule has 0 bridgehead atoms. The Bertz CT molecular complexity index is 8.00. The van der Waals surface area contributed by atoms with E-state index in [0.717, 1.165) is 0 Å². The zero-order valence-corrected chi connectivity index (χ0v) is 21.0. The molecular weight excluding hydrogens is 298 g/mol. The first kappa shape index (κ1) is 57.2. The molecule has 0 aromatic carbocycles. The molecule has 0 radical (unpaired) electrons. The van der Waals surface area contributed by atoms with E-state index in [2.05, 4.69) is 0 Å². The van der Waals surface area contributed by atoms with E-state index in [1.165, 1.54) is 0 Å². The molecule has 0 N–H and O–H groups in total. The number of hydrogen-bond acceptors (Lipinski definition) is 0. The van der Waals surface area contributed by atoms with Gasteiger partial charge in [-0.05, 0) is 0 Å². The molecule has 0 saturated carbocycles. The Balaban J connectivity index is 0. The Morgan fingerprint density at radius 3 is 0.250 bits per heavy atom. The molecule has 8 heteroatoms. The normalized spacial score (nSPS) is 0. The van der Waals surface area contributed by atoms with Crippen molar-refractivity contribution in [3.8, 4) is 0 Å². The number of rotatable bonds is 0. The van der Waals surface area contributed by atoms with Gasteiger partial charge in [-0.25, -0.2) is 0 Å². The van der Waals surface area contributed by atoms with E-state index in [-0.39, 0.29) is 255 Å². The zero-order valence-electron chi connectivity index (χ0n) is 5.51. The van der Waals surface area contributed by atoms with Crippen LogP contribution in [-0.2, 0) is 0 Å². The van der Waals surface area contributed by atoms with Gasteiger partial charge in [-0.3, -0.25) is 0 Å². The molecule has 0 aliphatic carbocycles. The fraction of sp³-hybridized carbons (Fsp3) is 0. The number of hydrogen-bond donors (Lipinski definition) is 0. The summed E-state index contributed by atoms with van der Waals surface area (Å²) in [6, 6.07) is 0. The van der Waals surface area contributed by atoms with Crippen LogP contribution in [0, 0.1) is 0 Å². The predicted octanol–water partition coefficient (Wildman–Crippen LogP) is -24.0. The molecule has 0 heterocycles. The SMILES string of the molecule is [Cl-].[Cl-].[Cl-].[Cl-].[K+].[K+].[K+].[K+]. The molecule has 0 aliphatic heterocycles. The average molecular weight is 298 g/mol. The molecule has 0 saturated heterocycles. The van der Waals surface area contributed by atoms with Crippen LogP contribution in [0.15, 0.2) is 0 Å². The summed E-state index contributed by atoms with van der Waals surface area (Å²) in [6.45, 7) is 0. The molecule has 0 fully saturated rings. The summed E-state index contributed by atoms with van der Waals surface area (Å²) in [7, 11) is 0. The van der Waals surface area contributed by atoms with Gasteiger partial charge in [0.1, 0.15) is 0 Å². The quantitative estimate of drug-likeness (QED) is 0.390. The second-order valence-corrected chi connectivity index (χ2v) is 0. The smallest absolute Gasteiger partial charge is 1.00 e. The van der Waals surface area contributed by atoms with Crippen molar-refractivity contribution in [1.29, 1.82) is 0 Å². The van der Waals surface area contributed by atoms with Gasteiger partial charge in [0.2, 0.25) is 0 Å². The monoisotopic (exact) mass is 296 g/mol. The molecule has 8 heavy (non-hydrogen) atoms.